The number of nitrogens with two attached hydrogens (primary N) is 1. The molecule has 0 aliphatic heterocycles. The monoisotopic (exact) mass is 264 g/mol. The Morgan fingerprint density at radius 1 is 1.32 bits per heavy atom. The summed E-state index contributed by atoms with van der Waals surface area (Å²) in [6.45, 7) is 4.18. The molecule has 2 N–H and O–H groups in total. The van der Waals surface area contributed by atoms with E-state index in [1.165, 1.54) is 25.3 Å². The van der Waals surface area contributed by atoms with Crippen molar-refractivity contribution in [3.8, 4) is 0 Å². The van der Waals surface area contributed by atoms with Crippen LogP contribution in [0, 0.1) is 11.7 Å². The maximum Gasteiger partial charge on any atom is 0.146 e. The van der Waals surface area contributed by atoms with Gasteiger partial charge in [-0.15, -0.1) is 0 Å². The molecule has 0 heterocycles. The SMILES string of the molecule is CC1CCCCC1N(C)c1c(F)cccc1[C@@H](C)N. The van der Waals surface area contributed by atoms with Crippen molar-refractivity contribution in [2.45, 2.75) is 51.6 Å². The smallest absolute Gasteiger partial charge is 0.146 e. The molecule has 2 nitrogen and oxygen atoms in total. The van der Waals surface area contributed by atoms with Crippen LogP contribution >= 0.6 is 0 Å². The summed E-state index contributed by atoms with van der Waals surface area (Å²) in [4.78, 5) is 2.12. The van der Waals surface area contributed by atoms with Crippen LogP contribution in [0.4, 0.5) is 10.1 Å². The van der Waals surface area contributed by atoms with Gasteiger partial charge < -0.3 is 10.6 Å². The number of para-hydroxylation sites is 1. The third kappa shape index (κ3) is 2.92. The van der Waals surface area contributed by atoms with Gasteiger partial charge in [0.1, 0.15) is 5.82 Å². The van der Waals surface area contributed by atoms with Crippen LogP contribution in [0.3, 0.4) is 0 Å². The molecule has 2 rings (SSSR count). The Morgan fingerprint density at radius 3 is 2.63 bits per heavy atom. The zero-order valence-electron chi connectivity index (χ0n) is 12.2. The molecule has 3 atom stereocenters. The Hall–Kier alpha value is -1.09. The quantitative estimate of drug-likeness (QED) is 0.898. The van der Waals surface area contributed by atoms with Gasteiger partial charge in [0.2, 0.25) is 0 Å². The summed E-state index contributed by atoms with van der Waals surface area (Å²) in [5.41, 5.74) is 7.59. The van der Waals surface area contributed by atoms with Crippen molar-refractivity contribution < 1.29 is 4.39 Å². The van der Waals surface area contributed by atoms with E-state index in [9.17, 15) is 4.39 Å². The number of anilines is 1. The molecule has 0 aromatic heterocycles. The van der Waals surface area contributed by atoms with Crippen molar-refractivity contribution in [2.75, 3.05) is 11.9 Å². The Labute approximate surface area is 115 Å². The van der Waals surface area contributed by atoms with Gasteiger partial charge in [0, 0.05) is 19.1 Å². The van der Waals surface area contributed by atoms with Crippen LogP contribution in [0.5, 0.6) is 0 Å². The lowest BCUT2D eigenvalue weighted by atomic mass is 9.84. The van der Waals surface area contributed by atoms with Crippen LogP contribution in [0.1, 0.15) is 51.1 Å². The average molecular weight is 264 g/mol. The Morgan fingerprint density at radius 2 is 2.00 bits per heavy atom. The number of rotatable bonds is 3. The summed E-state index contributed by atoms with van der Waals surface area (Å²) in [5.74, 6) is 0.453. The van der Waals surface area contributed by atoms with Crippen LogP contribution in [0.25, 0.3) is 0 Å². The molecule has 0 bridgehead atoms. The molecule has 106 valence electrons. The Balaban J connectivity index is 2.34. The molecule has 3 heteroatoms. The van der Waals surface area contributed by atoms with Crippen LogP contribution in [-0.4, -0.2) is 13.1 Å². The van der Waals surface area contributed by atoms with Crippen molar-refractivity contribution in [1.29, 1.82) is 0 Å². The molecule has 0 amide bonds. The molecule has 1 aliphatic rings. The standard InChI is InChI=1S/C16H25FN2/c1-11-7-4-5-10-15(11)19(3)16-13(12(2)18)8-6-9-14(16)17/h6,8-9,11-12,15H,4-5,7,10,18H2,1-3H3/t11?,12-,15?/m1/s1. The van der Waals surface area contributed by atoms with Crippen LogP contribution in [0.2, 0.25) is 0 Å². The van der Waals surface area contributed by atoms with Gasteiger partial charge in [-0.2, -0.15) is 0 Å². The lowest BCUT2D eigenvalue weighted by Gasteiger charge is -2.39. The Bertz CT molecular complexity index is 431. The highest BCUT2D eigenvalue weighted by Gasteiger charge is 2.28. The fourth-order valence-electron chi connectivity index (χ4n) is 3.31. The van der Waals surface area contributed by atoms with E-state index in [0.29, 0.717) is 17.6 Å². The van der Waals surface area contributed by atoms with Gasteiger partial charge in [-0.25, -0.2) is 4.39 Å². The molecular weight excluding hydrogens is 239 g/mol. The molecule has 1 fully saturated rings. The van der Waals surface area contributed by atoms with Gasteiger partial charge in [0.05, 0.1) is 5.69 Å². The number of hydrogen-bond donors (Lipinski definition) is 1. The topological polar surface area (TPSA) is 29.3 Å². The molecule has 0 radical (unpaired) electrons. The van der Waals surface area contributed by atoms with E-state index >= 15 is 0 Å². The third-order valence-corrected chi connectivity index (χ3v) is 4.42. The fraction of sp³-hybridized carbons (Fsp3) is 0.625. The second-order valence-electron chi connectivity index (χ2n) is 5.91. The zero-order valence-corrected chi connectivity index (χ0v) is 12.2. The van der Waals surface area contributed by atoms with Gasteiger partial charge in [-0.05, 0) is 37.3 Å². The van der Waals surface area contributed by atoms with E-state index in [1.54, 1.807) is 6.07 Å². The van der Waals surface area contributed by atoms with Crippen LogP contribution in [0.15, 0.2) is 18.2 Å². The highest BCUT2D eigenvalue weighted by atomic mass is 19.1. The number of hydrogen-bond acceptors (Lipinski definition) is 2. The van der Waals surface area contributed by atoms with Crippen molar-refractivity contribution in [1.82, 2.24) is 0 Å². The molecular formula is C16H25FN2. The predicted octanol–water partition coefficient (Wildman–Crippen LogP) is 3.86. The van der Waals surface area contributed by atoms with E-state index in [0.717, 1.165) is 12.0 Å². The van der Waals surface area contributed by atoms with Crippen molar-refractivity contribution in [3.05, 3.63) is 29.6 Å². The number of halogens is 1. The lowest BCUT2D eigenvalue weighted by molar-refractivity contribution is 0.319. The second kappa shape index (κ2) is 5.91. The van der Waals surface area contributed by atoms with Gasteiger partial charge in [-0.3, -0.25) is 0 Å². The van der Waals surface area contributed by atoms with Gasteiger partial charge >= 0.3 is 0 Å². The lowest BCUT2D eigenvalue weighted by Crippen LogP contribution is -2.40. The normalized spacial score (nSPS) is 25.1. The molecule has 0 spiro atoms. The van der Waals surface area contributed by atoms with E-state index in [2.05, 4.69) is 11.8 Å². The summed E-state index contributed by atoms with van der Waals surface area (Å²) in [7, 11) is 2.01. The summed E-state index contributed by atoms with van der Waals surface area (Å²) in [6, 6.07) is 5.49. The molecule has 1 saturated carbocycles. The average Bonchev–Trinajstić information content (AvgIpc) is 2.38. The summed E-state index contributed by atoms with van der Waals surface area (Å²) in [6.07, 6.45) is 4.91. The fourth-order valence-corrected chi connectivity index (χ4v) is 3.31. The first-order valence-electron chi connectivity index (χ1n) is 7.29. The Kier molecular flexibility index (Phi) is 4.46. The largest absolute Gasteiger partial charge is 0.369 e. The predicted molar refractivity (Wildman–Crippen MR) is 78.8 cm³/mol. The first-order chi connectivity index (χ1) is 9.02. The summed E-state index contributed by atoms with van der Waals surface area (Å²) in [5, 5.41) is 0. The van der Waals surface area contributed by atoms with Crippen molar-refractivity contribution in [2.24, 2.45) is 11.7 Å². The molecule has 1 aromatic rings. The minimum atomic E-state index is -0.157. The van der Waals surface area contributed by atoms with Crippen LogP contribution in [-0.2, 0) is 0 Å². The van der Waals surface area contributed by atoms with Gasteiger partial charge in [0.25, 0.3) is 0 Å². The maximum absolute atomic E-state index is 14.2. The highest BCUT2D eigenvalue weighted by Crippen LogP contribution is 2.35. The number of benzene rings is 1. The van der Waals surface area contributed by atoms with E-state index in [-0.39, 0.29) is 11.9 Å². The molecule has 2 unspecified atom stereocenters. The van der Waals surface area contributed by atoms with E-state index < -0.39 is 0 Å². The summed E-state index contributed by atoms with van der Waals surface area (Å²) >= 11 is 0. The van der Waals surface area contributed by atoms with Gasteiger partial charge in [0.15, 0.2) is 0 Å². The van der Waals surface area contributed by atoms with Crippen molar-refractivity contribution >= 4 is 5.69 Å². The minimum Gasteiger partial charge on any atom is -0.369 e. The molecule has 19 heavy (non-hydrogen) atoms. The maximum atomic E-state index is 14.2. The van der Waals surface area contributed by atoms with Crippen LogP contribution < -0.4 is 10.6 Å². The minimum absolute atomic E-state index is 0.146. The van der Waals surface area contributed by atoms with E-state index in [1.807, 2.05) is 20.0 Å². The molecule has 1 aromatic carbocycles. The molecule has 1 aliphatic carbocycles. The molecule has 0 saturated heterocycles. The zero-order chi connectivity index (χ0) is 14.0. The summed E-state index contributed by atoms with van der Waals surface area (Å²) < 4.78 is 14.2. The third-order valence-electron chi connectivity index (χ3n) is 4.42. The van der Waals surface area contributed by atoms with Gasteiger partial charge in [-0.1, -0.05) is 31.9 Å². The highest BCUT2D eigenvalue weighted by molar-refractivity contribution is 5.56. The second-order valence-corrected chi connectivity index (χ2v) is 5.91. The first kappa shape index (κ1) is 14.3. The first-order valence-corrected chi connectivity index (χ1v) is 7.29. The van der Waals surface area contributed by atoms with E-state index in [4.69, 9.17) is 5.73 Å². The van der Waals surface area contributed by atoms with Crippen molar-refractivity contribution in [3.63, 3.8) is 0 Å². The number of nitrogens with zero attached hydrogens (tertiary/aromatic N) is 1.